The van der Waals surface area contributed by atoms with Gasteiger partial charge in [0, 0.05) is 12.0 Å². The van der Waals surface area contributed by atoms with E-state index in [4.69, 9.17) is 4.98 Å². The molecule has 0 aliphatic heterocycles. The third-order valence-electron chi connectivity index (χ3n) is 5.89. The molecule has 30 heavy (non-hydrogen) atoms. The van der Waals surface area contributed by atoms with Crippen molar-refractivity contribution in [3.63, 3.8) is 0 Å². The molecule has 160 valence electrons. The third-order valence-corrected chi connectivity index (χ3v) is 7.29. The van der Waals surface area contributed by atoms with Crippen LogP contribution in [0.2, 0.25) is 0 Å². The average Bonchev–Trinajstić information content (AvgIpc) is 3.07. The highest BCUT2D eigenvalue weighted by molar-refractivity contribution is 7.92. The first-order valence-corrected chi connectivity index (χ1v) is 12.3. The Morgan fingerprint density at radius 2 is 1.73 bits per heavy atom. The predicted octanol–water partition coefficient (Wildman–Crippen LogP) is 5.71. The van der Waals surface area contributed by atoms with Gasteiger partial charge < -0.3 is 4.57 Å². The van der Waals surface area contributed by atoms with E-state index in [2.05, 4.69) is 30.1 Å². The number of aromatic nitrogens is 2. The molecule has 0 bridgehead atoms. The molecule has 0 atom stereocenters. The molecule has 0 spiro atoms. The van der Waals surface area contributed by atoms with Crippen molar-refractivity contribution >= 4 is 26.7 Å². The summed E-state index contributed by atoms with van der Waals surface area (Å²) in [6, 6.07) is 14.1. The molecular formula is C24H31N3O2S. The Morgan fingerprint density at radius 3 is 2.40 bits per heavy atom. The molecule has 1 aromatic heterocycles. The van der Waals surface area contributed by atoms with E-state index in [-0.39, 0.29) is 10.3 Å². The molecule has 0 saturated heterocycles. The number of hydrogen-bond donors (Lipinski definition) is 1. The highest BCUT2D eigenvalue weighted by Gasteiger charge is 2.25. The zero-order valence-corrected chi connectivity index (χ0v) is 18.9. The number of benzene rings is 2. The number of rotatable bonds is 5. The lowest BCUT2D eigenvalue weighted by atomic mass is 9.88. The maximum absolute atomic E-state index is 12.7. The van der Waals surface area contributed by atoms with Gasteiger partial charge in [-0.1, -0.05) is 58.2 Å². The van der Waals surface area contributed by atoms with E-state index >= 15 is 0 Å². The topological polar surface area (TPSA) is 64.0 Å². The van der Waals surface area contributed by atoms with E-state index < -0.39 is 10.0 Å². The fraction of sp³-hybridized carbons (Fsp3) is 0.458. The SMILES string of the molecule is CC(C)(C)c1nc2cc(NS(=O)(=O)c3ccccc3)ccc2n1CC1CCCCC1. The Hall–Kier alpha value is -2.34. The number of nitrogens with one attached hydrogen (secondary N) is 1. The summed E-state index contributed by atoms with van der Waals surface area (Å²) in [4.78, 5) is 5.19. The first-order valence-electron chi connectivity index (χ1n) is 10.8. The summed E-state index contributed by atoms with van der Waals surface area (Å²) in [6.45, 7) is 7.54. The molecule has 6 heteroatoms. The molecular weight excluding hydrogens is 394 g/mol. The molecule has 1 heterocycles. The minimum absolute atomic E-state index is 0.0859. The minimum Gasteiger partial charge on any atom is -0.327 e. The number of nitrogens with zero attached hydrogens (tertiary/aromatic N) is 2. The maximum Gasteiger partial charge on any atom is 0.261 e. The van der Waals surface area contributed by atoms with Crippen LogP contribution in [0.4, 0.5) is 5.69 Å². The molecule has 2 aromatic carbocycles. The van der Waals surface area contributed by atoms with Crippen LogP contribution in [-0.2, 0) is 22.0 Å². The van der Waals surface area contributed by atoms with Gasteiger partial charge in [0.05, 0.1) is 21.6 Å². The lowest BCUT2D eigenvalue weighted by Crippen LogP contribution is -2.22. The van der Waals surface area contributed by atoms with Crippen LogP contribution in [0.5, 0.6) is 0 Å². The zero-order chi connectivity index (χ0) is 21.4. The molecule has 1 fully saturated rings. The van der Waals surface area contributed by atoms with Crippen LogP contribution in [0, 0.1) is 5.92 Å². The second-order valence-corrected chi connectivity index (χ2v) is 11.1. The van der Waals surface area contributed by atoms with E-state index in [9.17, 15) is 8.42 Å². The molecule has 1 saturated carbocycles. The van der Waals surface area contributed by atoms with Crippen LogP contribution < -0.4 is 4.72 Å². The lowest BCUT2D eigenvalue weighted by molar-refractivity contribution is 0.313. The molecule has 0 unspecified atom stereocenters. The smallest absolute Gasteiger partial charge is 0.261 e. The molecule has 4 rings (SSSR count). The molecule has 1 N–H and O–H groups in total. The summed E-state index contributed by atoms with van der Waals surface area (Å²) < 4.78 is 30.5. The lowest BCUT2D eigenvalue weighted by Gasteiger charge is -2.26. The second-order valence-electron chi connectivity index (χ2n) is 9.42. The Bertz CT molecular complexity index is 1120. The van der Waals surface area contributed by atoms with Crippen LogP contribution in [0.15, 0.2) is 53.4 Å². The van der Waals surface area contributed by atoms with Gasteiger partial charge in [0.2, 0.25) is 0 Å². The van der Waals surface area contributed by atoms with Crippen LogP contribution in [0.25, 0.3) is 11.0 Å². The molecule has 5 nitrogen and oxygen atoms in total. The van der Waals surface area contributed by atoms with Gasteiger partial charge in [-0.2, -0.15) is 0 Å². The molecule has 0 radical (unpaired) electrons. The van der Waals surface area contributed by atoms with Gasteiger partial charge in [-0.25, -0.2) is 13.4 Å². The summed E-state index contributed by atoms with van der Waals surface area (Å²) in [5.74, 6) is 1.75. The van der Waals surface area contributed by atoms with Crippen LogP contribution in [-0.4, -0.2) is 18.0 Å². The van der Waals surface area contributed by atoms with E-state index in [1.54, 1.807) is 30.3 Å². The molecule has 3 aromatic rings. The van der Waals surface area contributed by atoms with Crippen molar-refractivity contribution in [2.24, 2.45) is 5.92 Å². The van der Waals surface area contributed by atoms with Gasteiger partial charge >= 0.3 is 0 Å². The van der Waals surface area contributed by atoms with Crippen molar-refractivity contribution in [2.45, 2.75) is 69.7 Å². The average molecular weight is 426 g/mol. The minimum atomic E-state index is -3.62. The van der Waals surface area contributed by atoms with Crippen LogP contribution in [0.3, 0.4) is 0 Å². The van der Waals surface area contributed by atoms with E-state index in [1.165, 1.54) is 32.1 Å². The summed E-state index contributed by atoms with van der Waals surface area (Å²) in [5, 5.41) is 0. The number of imidazole rings is 1. The van der Waals surface area contributed by atoms with Crippen LogP contribution in [0.1, 0.15) is 58.7 Å². The van der Waals surface area contributed by atoms with Gasteiger partial charge in [-0.15, -0.1) is 0 Å². The third kappa shape index (κ3) is 4.38. The van der Waals surface area contributed by atoms with E-state index in [0.717, 1.165) is 23.4 Å². The number of hydrogen-bond acceptors (Lipinski definition) is 3. The highest BCUT2D eigenvalue weighted by atomic mass is 32.2. The number of fused-ring (bicyclic) bond motifs is 1. The molecule has 1 aliphatic rings. The summed E-state index contributed by atoms with van der Waals surface area (Å²) in [6.07, 6.45) is 6.52. The Morgan fingerprint density at radius 1 is 1.03 bits per heavy atom. The monoisotopic (exact) mass is 425 g/mol. The standard InChI is InChI=1S/C24H31N3O2S/c1-24(2,3)23-25-21-16-19(26-30(28,29)20-12-8-5-9-13-20)14-15-22(21)27(23)17-18-10-6-4-7-11-18/h5,8-9,12-16,18,26H,4,6-7,10-11,17H2,1-3H3. The van der Waals surface area contributed by atoms with E-state index in [1.807, 2.05) is 18.2 Å². The summed E-state index contributed by atoms with van der Waals surface area (Å²) in [5.41, 5.74) is 2.36. The Kier molecular flexibility index (Phi) is 5.62. The Balaban J connectivity index is 1.69. The first-order chi connectivity index (χ1) is 14.2. The predicted molar refractivity (Wildman–Crippen MR) is 122 cm³/mol. The summed E-state index contributed by atoms with van der Waals surface area (Å²) in [7, 11) is -3.62. The van der Waals surface area contributed by atoms with Gasteiger partial charge in [-0.3, -0.25) is 4.72 Å². The van der Waals surface area contributed by atoms with Crippen LogP contribution >= 0.6 is 0 Å². The summed E-state index contributed by atoms with van der Waals surface area (Å²) >= 11 is 0. The van der Waals surface area contributed by atoms with Crippen molar-refractivity contribution in [1.29, 1.82) is 0 Å². The molecule has 1 aliphatic carbocycles. The number of sulfonamides is 1. The van der Waals surface area contributed by atoms with Crippen molar-refractivity contribution in [3.05, 3.63) is 54.4 Å². The van der Waals surface area contributed by atoms with Gasteiger partial charge in [0.25, 0.3) is 10.0 Å². The van der Waals surface area contributed by atoms with Gasteiger partial charge in [0.15, 0.2) is 0 Å². The highest BCUT2D eigenvalue weighted by Crippen LogP contribution is 2.32. The zero-order valence-electron chi connectivity index (χ0n) is 18.1. The van der Waals surface area contributed by atoms with Crippen molar-refractivity contribution in [1.82, 2.24) is 9.55 Å². The van der Waals surface area contributed by atoms with Crippen molar-refractivity contribution < 1.29 is 8.42 Å². The normalized spacial score (nSPS) is 16.1. The van der Waals surface area contributed by atoms with Gasteiger partial charge in [-0.05, 0) is 49.1 Å². The largest absolute Gasteiger partial charge is 0.327 e. The molecule has 0 amide bonds. The second kappa shape index (κ2) is 8.06. The Labute approximate surface area is 179 Å². The van der Waals surface area contributed by atoms with E-state index in [0.29, 0.717) is 11.6 Å². The quantitative estimate of drug-likeness (QED) is 0.569. The van der Waals surface area contributed by atoms with Crippen molar-refractivity contribution in [3.8, 4) is 0 Å². The van der Waals surface area contributed by atoms with Gasteiger partial charge in [0.1, 0.15) is 5.82 Å². The fourth-order valence-electron chi connectivity index (χ4n) is 4.39. The number of anilines is 1. The van der Waals surface area contributed by atoms with Crippen molar-refractivity contribution in [2.75, 3.05) is 4.72 Å². The maximum atomic E-state index is 12.7. The fourth-order valence-corrected chi connectivity index (χ4v) is 5.46. The first kappa shape index (κ1) is 20.9.